The molecule has 2 aliphatic rings. The van der Waals surface area contributed by atoms with E-state index in [-0.39, 0.29) is 18.2 Å². The molecule has 0 radical (unpaired) electrons. The number of fused-ring (bicyclic) bond motifs is 1. The van der Waals surface area contributed by atoms with Crippen LogP contribution in [0.5, 0.6) is 0 Å². The van der Waals surface area contributed by atoms with Crippen molar-refractivity contribution in [2.75, 3.05) is 6.54 Å². The minimum absolute atomic E-state index is 0.00292. The van der Waals surface area contributed by atoms with E-state index >= 15 is 0 Å². The van der Waals surface area contributed by atoms with Crippen LogP contribution in [0.4, 0.5) is 0 Å². The molecule has 3 nitrogen and oxygen atoms in total. The summed E-state index contributed by atoms with van der Waals surface area (Å²) in [4.78, 5) is 0. The van der Waals surface area contributed by atoms with Crippen LogP contribution in [0.15, 0.2) is 0 Å². The molecule has 0 amide bonds. The summed E-state index contributed by atoms with van der Waals surface area (Å²) in [5, 5.41) is 13.2. The van der Waals surface area contributed by atoms with Crippen LogP contribution in [0.2, 0.25) is 0 Å². The summed E-state index contributed by atoms with van der Waals surface area (Å²) in [5.41, 5.74) is 5.80. The first kappa shape index (κ1) is 8.48. The molecule has 12 heavy (non-hydrogen) atoms. The van der Waals surface area contributed by atoms with Gasteiger partial charge < -0.3 is 16.2 Å². The lowest BCUT2D eigenvalue weighted by Crippen LogP contribution is -2.58. The zero-order valence-corrected chi connectivity index (χ0v) is 7.37. The molecule has 0 spiro atoms. The molecular weight excluding hydrogens is 152 g/mol. The van der Waals surface area contributed by atoms with E-state index in [1.807, 2.05) is 0 Å². The summed E-state index contributed by atoms with van der Waals surface area (Å²) in [6, 6.07) is 0.277. The van der Waals surface area contributed by atoms with Crippen molar-refractivity contribution in [1.82, 2.24) is 5.32 Å². The van der Waals surface area contributed by atoms with Crippen molar-refractivity contribution in [1.29, 1.82) is 0 Å². The van der Waals surface area contributed by atoms with E-state index in [0.717, 1.165) is 13.0 Å². The second kappa shape index (κ2) is 3.32. The van der Waals surface area contributed by atoms with Crippen LogP contribution in [0, 0.1) is 5.92 Å². The highest BCUT2D eigenvalue weighted by Crippen LogP contribution is 2.30. The highest BCUT2D eigenvalue weighted by molar-refractivity contribution is 4.95. The van der Waals surface area contributed by atoms with E-state index in [9.17, 15) is 5.11 Å². The van der Waals surface area contributed by atoms with Crippen molar-refractivity contribution in [3.8, 4) is 0 Å². The Morgan fingerprint density at radius 1 is 1.25 bits per heavy atom. The Morgan fingerprint density at radius 3 is 2.92 bits per heavy atom. The van der Waals surface area contributed by atoms with Crippen LogP contribution in [-0.4, -0.2) is 29.8 Å². The summed E-state index contributed by atoms with van der Waals surface area (Å²) in [7, 11) is 0. The average molecular weight is 170 g/mol. The van der Waals surface area contributed by atoms with Gasteiger partial charge in [-0.2, -0.15) is 0 Å². The Balaban J connectivity index is 2.03. The normalized spacial score (nSPS) is 48.5. The van der Waals surface area contributed by atoms with Crippen molar-refractivity contribution >= 4 is 0 Å². The van der Waals surface area contributed by atoms with Crippen LogP contribution in [0.3, 0.4) is 0 Å². The summed E-state index contributed by atoms with van der Waals surface area (Å²) < 4.78 is 0. The minimum atomic E-state index is -0.316. The lowest BCUT2D eigenvalue weighted by molar-refractivity contribution is 0.0267. The van der Waals surface area contributed by atoms with E-state index in [1.54, 1.807) is 0 Å². The van der Waals surface area contributed by atoms with Crippen LogP contribution in [0.1, 0.15) is 25.7 Å². The van der Waals surface area contributed by atoms with Gasteiger partial charge in [-0.15, -0.1) is 0 Å². The van der Waals surface area contributed by atoms with E-state index < -0.39 is 0 Å². The van der Waals surface area contributed by atoms with Crippen molar-refractivity contribution < 1.29 is 5.11 Å². The summed E-state index contributed by atoms with van der Waals surface area (Å²) >= 11 is 0. The molecule has 0 aromatic rings. The molecule has 4 atom stereocenters. The van der Waals surface area contributed by atoms with Gasteiger partial charge in [-0.05, 0) is 38.1 Å². The molecule has 2 rings (SSSR count). The quantitative estimate of drug-likeness (QED) is 0.473. The number of nitrogens with two attached hydrogens (primary N) is 1. The summed E-state index contributed by atoms with van der Waals surface area (Å²) in [5.74, 6) is 0.675. The summed E-state index contributed by atoms with van der Waals surface area (Å²) in [6.45, 7) is 1.05. The topological polar surface area (TPSA) is 58.3 Å². The smallest absolute Gasteiger partial charge is 0.0846 e. The number of hydrogen-bond donors (Lipinski definition) is 3. The van der Waals surface area contributed by atoms with Crippen LogP contribution in [0.25, 0.3) is 0 Å². The first-order valence-electron chi connectivity index (χ1n) is 4.96. The third-order valence-corrected chi connectivity index (χ3v) is 3.32. The van der Waals surface area contributed by atoms with E-state index in [1.165, 1.54) is 19.3 Å². The third-order valence-electron chi connectivity index (χ3n) is 3.32. The molecule has 0 bridgehead atoms. The molecule has 4 unspecified atom stereocenters. The number of hydrogen-bond acceptors (Lipinski definition) is 3. The van der Waals surface area contributed by atoms with Gasteiger partial charge in [0.1, 0.15) is 0 Å². The molecule has 1 saturated heterocycles. The van der Waals surface area contributed by atoms with Gasteiger partial charge in [0.25, 0.3) is 0 Å². The minimum Gasteiger partial charge on any atom is -0.390 e. The van der Waals surface area contributed by atoms with Crippen molar-refractivity contribution in [2.24, 2.45) is 11.7 Å². The van der Waals surface area contributed by atoms with Crippen LogP contribution < -0.4 is 11.1 Å². The number of aliphatic hydroxyl groups is 1. The predicted octanol–water partition coefficient (Wildman–Crippen LogP) is -0.163. The van der Waals surface area contributed by atoms with Crippen molar-refractivity contribution in [3.63, 3.8) is 0 Å². The zero-order valence-electron chi connectivity index (χ0n) is 7.37. The summed E-state index contributed by atoms with van der Waals surface area (Å²) in [6.07, 6.45) is 4.38. The molecule has 1 heterocycles. The molecule has 0 aromatic heterocycles. The van der Waals surface area contributed by atoms with Gasteiger partial charge in [0.2, 0.25) is 0 Å². The van der Waals surface area contributed by atoms with Crippen molar-refractivity contribution in [3.05, 3.63) is 0 Å². The number of piperidine rings is 1. The zero-order chi connectivity index (χ0) is 8.55. The van der Waals surface area contributed by atoms with Gasteiger partial charge in [0.15, 0.2) is 0 Å². The lowest BCUT2D eigenvalue weighted by Gasteiger charge is -2.42. The highest BCUT2D eigenvalue weighted by Gasteiger charge is 2.37. The Bertz CT molecular complexity index is 161. The molecule has 1 aliphatic carbocycles. The van der Waals surface area contributed by atoms with E-state index in [2.05, 4.69) is 5.32 Å². The molecule has 70 valence electrons. The van der Waals surface area contributed by atoms with Gasteiger partial charge in [0, 0.05) is 12.1 Å². The standard InChI is InChI=1S/C9H18N2O/c10-7-4-3-6-2-1-5-11-8(6)9(7)12/h6-9,11-12H,1-5,10H2. The van der Waals surface area contributed by atoms with Gasteiger partial charge >= 0.3 is 0 Å². The number of aliphatic hydroxyl groups excluding tert-OH is 1. The Labute approximate surface area is 73.3 Å². The molecule has 4 N–H and O–H groups in total. The predicted molar refractivity (Wildman–Crippen MR) is 47.7 cm³/mol. The van der Waals surface area contributed by atoms with Crippen LogP contribution in [-0.2, 0) is 0 Å². The number of nitrogens with one attached hydrogen (secondary N) is 1. The molecule has 2 fully saturated rings. The second-order valence-corrected chi connectivity index (χ2v) is 4.11. The molecule has 3 heteroatoms. The Kier molecular flexibility index (Phi) is 2.35. The first-order chi connectivity index (χ1) is 5.79. The molecule has 1 saturated carbocycles. The largest absolute Gasteiger partial charge is 0.390 e. The first-order valence-corrected chi connectivity index (χ1v) is 4.96. The van der Waals surface area contributed by atoms with Gasteiger partial charge in [-0.3, -0.25) is 0 Å². The fourth-order valence-corrected chi connectivity index (χ4v) is 2.55. The fourth-order valence-electron chi connectivity index (χ4n) is 2.55. The van der Waals surface area contributed by atoms with Crippen LogP contribution >= 0.6 is 0 Å². The number of rotatable bonds is 0. The Hall–Kier alpha value is -0.120. The maximum Gasteiger partial charge on any atom is 0.0846 e. The maximum atomic E-state index is 9.79. The average Bonchev–Trinajstić information content (AvgIpc) is 2.12. The molecule has 0 aromatic carbocycles. The monoisotopic (exact) mass is 170 g/mol. The Morgan fingerprint density at radius 2 is 2.08 bits per heavy atom. The van der Waals surface area contributed by atoms with E-state index in [0.29, 0.717) is 5.92 Å². The maximum absolute atomic E-state index is 9.79. The van der Waals surface area contributed by atoms with Gasteiger partial charge in [-0.25, -0.2) is 0 Å². The molecule has 1 aliphatic heterocycles. The lowest BCUT2D eigenvalue weighted by atomic mass is 9.76. The molecular formula is C9H18N2O. The third kappa shape index (κ3) is 1.37. The SMILES string of the molecule is NC1CCC2CCCNC2C1O. The van der Waals surface area contributed by atoms with Gasteiger partial charge in [-0.1, -0.05) is 0 Å². The van der Waals surface area contributed by atoms with Crippen molar-refractivity contribution in [2.45, 2.75) is 43.9 Å². The van der Waals surface area contributed by atoms with Gasteiger partial charge in [0.05, 0.1) is 6.10 Å². The van der Waals surface area contributed by atoms with E-state index in [4.69, 9.17) is 5.73 Å². The fraction of sp³-hybridized carbons (Fsp3) is 1.00. The highest BCUT2D eigenvalue weighted by atomic mass is 16.3. The second-order valence-electron chi connectivity index (χ2n) is 4.11.